The molecule has 1 aliphatic rings. The summed E-state index contributed by atoms with van der Waals surface area (Å²) in [4.78, 5) is 27.1. The number of aliphatic hydroxyl groups is 1. The van der Waals surface area contributed by atoms with E-state index in [1.807, 2.05) is 20.8 Å². The van der Waals surface area contributed by atoms with Crippen LogP contribution in [0.4, 0.5) is 0 Å². The van der Waals surface area contributed by atoms with Crippen LogP contribution in [-0.2, 0) is 16.1 Å². The molecule has 0 radical (unpaired) electrons. The Kier molecular flexibility index (Phi) is 4.85. The average molecular weight is 308 g/mol. The van der Waals surface area contributed by atoms with Gasteiger partial charge in [-0.05, 0) is 26.3 Å². The van der Waals surface area contributed by atoms with Crippen molar-refractivity contribution in [2.45, 2.75) is 40.3 Å². The highest BCUT2D eigenvalue weighted by Gasteiger charge is 2.26. The number of rotatable bonds is 2. The van der Waals surface area contributed by atoms with Crippen LogP contribution in [0, 0.1) is 20.8 Å². The summed E-state index contributed by atoms with van der Waals surface area (Å²) in [6.07, 6.45) is -0.711. The molecule has 1 N–H and O–H groups in total. The molecule has 1 atom stereocenters. The number of nitrogens with zero attached hydrogens (tertiary/aromatic N) is 4. The van der Waals surface area contributed by atoms with E-state index in [-0.39, 0.29) is 31.4 Å². The molecule has 1 aromatic rings. The number of carbonyl (C=O) groups is 2. The molecule has 2 heterocycles. The molecule has 2 amide bonds. The van der Waals surface area contributed by atoms with Crippen molar-refractivity contribution in [1.82, 2.24) is 19.6 Å². The van der Waals surface area contributed by atoms with Crippen LogP contribution in [0.3, 0.4) is 0 Å². The third-order valence-corrected chi connectivity index (χ3v) is 4.33. The van der Waals surface area contributed by atoms with Crippen LogP contribution in [0.15, 0.2) is 0 Å². The fourth-order valence-electron chi connectivity index (χ4n) is 2.67. The number of aliphatic hydroxyl groups excluding tert-OH is 1. The van der Waals surface area contributed by atoms with E-state index in [9.17, 15) is 14.7 Å². The Balaban J connectivity index is 2.06. The van der Waals surface area contributed by atoms with Gasteiger partial charge in [-0.25, -0.2) is 0 Å². The highest BCUT2D eigenvalue weighted by atomic mass is 16.3. The minimum Gasteiger partial charge on any atom is -0.389 e. The van der Waals surface area contributed by atoms with Crippen molar-refractivity contribution in [3.63, 3.8) is 0 Å². The second kappa shape index (κ2) is 6.48. The fourth-order valence-corrected chi connectivity index (χ4v) is 2.67. The highest BCUT2D eigenvalue weighted by Crippen LogP contribution is 2.12. The van der Waals surface area contributed by atoms with E-state index < -0.39 is 6.10 Å². The average Bonchev–Trinajstić information content (AvgIpc) is 2.64. The molecule has 0 aromatic carbocycles. The van der Waals surface area contributed by atoms with E-state index in [4.69, 9.17) is 0 Å². The van der Waals surface area contributed by atoms with Crippen molar-refractivity contribution >= 4 is 11.8 Å². The van der Waals surface area contributed by atoms with E-state index in [0.29, 0.717) is 13.1 Å². The maximum Gasteiger partial charge on any atom is 0.244 e. The first-order valence-corrected chi connectivity index (χ1v) is 7.51. The Morgan fingerprint density at radius 2 is 1.77 bits per heavy atom. The van der Waals surface area contributed by atoms with Crippen molar-refractivity contribution in [3.05, 3.63) is 17.0 Å². The van der Waals surface area contributed by atoms with Gasteiger partial charge in [0.25, 0.3) is 0 Å². The quantitative estimate of drug-likeness (QED) is 0.825. The Hall–Kier alpha value is -1.89. The molecule has 7 nitrogen and oxygen atoms in total. The summed E-state index contributed by atoms with van der Waals surface area (Å²) in [5.74, 6) is -0.169. The lowest BCUT2D eigenvalue weighted by atomic mass is 10.2. The second-order valence-electron chi connectivity index (χ2n) is 5.91. The van der Waals surface area contributed by atoms with Crippen LogP contribution in [0.2, 0.25) is 0 Å². The lowest BCUT2D eigenvalue weighted by molar-refractivity contribution is -0.133. The summed E-state index contributed by atoms with van der Waals surface area (Å²) in [5.41, 5.74) is 2.99. The van der Waals surface area contributed by atoms with Gasteiger partial charge < -0.3 is 14.9 Å². The van der Waals surface area contributed by atoms with Gasteiger partial charge in [0.2, 0.25) is 11.8 Å². The first kappa shape index (κ1) is 16.5. The zero-order valence-corrected chi connectivity index (χ0v) is 13.7. The fraction of sp³-hybridized carbons (Fsp3) is 0.667. The third-order valence-electron chi connectivity index (χ3n) is 4.33. The van der Waals surface area contributed by atoms with Crippen LogP contribution >= 0.6 is 0 Å². The Bertz CT molecular complexity index is 582. The lowest BCUT2D eigenvalue weighted by Gasteiger charge is -2.22. The molecule has 0 spiro atoms. The predicted octanol–water partition coefficient (Wildman–Crippen LogP) is -0.140. The summed E-state index contributed by atoms with van der Waals surface area (Å²) in [6.45, 7) is 8.90. The van der Waals surface area contributed by atoms with Crippen LogP contribution in [0.1, 0.15) is 23.9 Å². The molecule has 122 valence electrons. The van der Waals surface area contributed by atoms with Crippen molar-refractivity contribution in [2.24, 2.45) is 0 Å². The van der Waals surface area contributed by atoms with E-state index >= 15 is 0 Å². The first-order valence-electron chi connectivity index (χ1n) is 7.51. The standard InChI is InChI=1S/C15H24N4O3/c1-10-11(2)16-19(12(10)3)9-15(22)18-6-5-17(13(4)20)7-14(21)8-18/h14,21H,5-9H2,1-4H3/t14-/m0/s1. The molecule has 0 aliphatic carbocycles. The Labute approximate surface area is 130 Å². The first-order chi connectivity index (χ1) is 10.3. The molecule has 7 heteroatoms. The number of hydrogen-bond donors (Lipinski definition) is 1. The maximum absolute atomic E-state index is 12.5. The highest BCUT2D eigenvalue weighted by molar-refractivity contribution is 5.77. The van der Waals surface area contributed by atoms with Gasteiger partial charge in [-0.2, -0.15) is 5.10 Å². The minimum atomic E-state index is -0.711. The number of carbonyl (C=O) groups excluding carboxylic acids is 2. The van der Waals surface area contributed by atoms with Gasteiger partial charge in [0.1, 0.15) is 6.54 Å². The molecule has 2 rings (SSSR count). The Morgan fingerprint density at radius 1 is 1.18 bits per heavy atom. The van der Waals surface area contributed by atoms with Gasteiger partial charge in [-0.15, -0.1) is 0 Å². The maximum atomic E-state index is 12.5. The van der Waals surface area contributed by atoms with Crippen molar-refractivity contribution in [2.75, 3.05) is 26.2 Å². The van der Waals surface area contributed by atoms with Crippen molar-refractivity contribution < 1.29 is 14.7 Å². The summed E-state index contributed by atoms with van der Waals surface area (Å²) < 4.78 is 1.70. The van der Waals surface area contributed by atoms with Gasteiger partial charge in [0, 0.05) is 38.8 Å². The molecule has 0 unspecified atom stereocenters. The molecule has 0 saturated carbocycles. The van der Waals surface area contributed by atoms with Gasteiger partial charge in [0.05, 0.1) is 11.8 Å². The predicted molar refractivity (Wildman–Crippen MR) is 81.3 cm³/mol. The number of amides is 2. The zero-order chi connectivity index (χ0) is 16.4. The third kappa shape index (κ3) is 3.47. The van der Waals surface area contributed by atoms with Gasteiger partial charge >= 0.3 is 0 Å². The van der Waals surface area contributed by atoms with Crippen molar-refractivity contribution in [3.8, 4) is 0 Å². The van der Waals surface area contributed by atoms with Crippen LogP contribution in [0.25, 0.3) is 0 Å². The topological polar surface area (TPSA) is 78.7 Å². The largest absolute Gasteiger partial charge is 0.389 e. The Morgan fingerprint density at radius 3 is 2.32 bits per heavy atom. The molecular weight excluding hydrogens is 284 g/mol. The molecular formula is C15H24N4O3. The lowest BCUT2D eigenvalue weighted by Crippen LogP contribution is -2.39. The van der Waals surface area contributed by atoms with Gasteiger partial charge in [0.15, 0.2) is 0 Å². The van der Waals surface area contributed by atoms with Crippen LogP contribution in [0.5, 0.6) is 0 Å². The van der Waals surface area contributed by atoms with E-state index in [2.05, 4.69) is 5.10 Å². The number of hydrogen-bond acceptors (Lipinski definition) is 4. The number of aromatic nitrogens is 2. The summed E-state index contributed by atoms with van der Waals surface area (Å²) >= 11 is 0. The second-order valence-corrected chi connectivity index (χ2v) is 5.91. The zero-order valence-electron chi connectivity index (χ0n) is 13.7. The summed E-state index contributed by atoms with van der Waals surface area (Å²) in [7, 11) is 0. The minimum absolute atomic E-state index is 0.0810. The van der Waals surface area contributed by atoms with Crippen LogP contribution in [-0.4, -0.2) is 68.8 Å². The molecule has 0 bridgehead atoms. The van der Waals surface area contributed by atoms with E-state index in [0.717, 1.165) is 17.0 Å². The summed E-state index contributed by atoms with van der Waals surface area (Å²) in [6, 6.07) is 0. The van der Waals surface area contributed by atoms with Gasteiger partial charge in [-0.3, -0.25) is 14.3 Å². The number of β-amino-alcohol motifs (C(OH)–C–C–N with tert-alkyl or cyclic N) is 1. The number of aryl methyl sites for hydroxylation is 1. The van der Waals surface area contributed by atoms with E-state index in [1.54, 1.807) is 14.5 Å². The monoisotopic (exact) mass is 308 g/mol. The molecule has 22 heavy (non-hydrogen) atoms. The van der Waals surface area contributed by atoms with Crippen molar-refractivity contribution in [1.29, 1.82) is 0 Å². The SMILES string of the molecule is CC(=O)N1CCN(C(=O)Cn2nc(C)c(C)c2C)C[C@@H](O)C1. The molecule has 1 aliphatic heterocycles. The molecule has 1 aromatic heterocycles. The molecule has 1 saturated heterocycles. The molecule has 1 fully saturated rings. The van der Waals surface area contributed by atoms with Gasteiger partial charge in [-0.1, -0.05) is 0 Å². The van der Waals surface area contributed by atoms with E-state index in [1.165, 1.54) is 6.92 Å². The van der Waals surface area contributed by atoms with Crippen LogP contribution < -0.4 is 0 Å². The summed E-state index contributed by atoms with van der Waals surface area (Å²) in [5, 5.41) is 14.4. The smallest absolute Gasteiger partial charge is 0.244 e. The normalized spacial score (nSPS) is 19.2.